The van der Waals surface area contributed by atoms with Gasteiger partial charge in [-0.15, -0.1) is 0 Å². The van der Waals surface area contributed by atoms with E-state index in [4.69, 9.17) is 5.73 Å². The molecule has 1 aromatic carbocycles. The minimum absolute atomic E-state index is 0.201. The molecule has 0 saturated heterocycles. The first-order valence-electron chi connectivity index (χ1n) is 5.08. The van der Waals surface area contributed by atoms with Crippen molar-refractivity contribution in [2.45, 2.75) is 5.92 Å². The van der Waals surface area contributed by atoms with Crippen LogP contribution in [-0.4, -0.2) is 11.5 Å². The van der Waals surface area contributed by atoms with Gasteiger partial charge in [0.2, 0.25) is 0 Å². The lowest BCUT2D eigenvalue weighted by atomic mass is 9.95. The quantitative estimate of drug-likeness (QED) is 0.821. The summed E-state index contributed by atoms with van der Waals surface area (Å²) in [5, 5.41) is 0. The molecule has 0 aliphatic carbocycles. The Morgan fingerprint density at radius 3 is 2.33 bits per heavy atom. The molecule has 1 heterocycles. The highest BCUT2D eigenvalue weighted by molar-refractivity contribution is 5.28. The molecular weight excluding hydrogens is 184 g/mol. The van der Waals surface area contributed by atoms with Gasteiger partial charge in [-0.05, 0) is 17.7 Å². The highest BCUT2D eigenvalue weighted by atomic mass is 14.7. The molecule has 0 saturated carbocycles. The predicted molar refractivity (Wildman–Crippen MR) is 61.6 cm³/mol. The number of benzene rings is 1. The zero-order chi connectivity index (χ0) is 10.5. The van der Waals surface area contributed by atoms with E-state index in [1.807, 2.05) is 36.4 Å². The molecule has 0 bridgehead atoms. The number of nitrogens with two attached hydrogens (primary N) is 1. The monoisotopic (exact) mass is 198 g/mol. The van der Waals surface area contributed by atoms with Crippen molar-refractivity contribution in [2.24, 2.45) is 5.73 Å². The van der Waals surface area contributed by atoms with Gasteiger partial charge in [-0.1, -0.05) is 36.4 Å². The molecule has 2 N–H and O–H groups in total. The maximum atomic E-state index is 5.80. The molecule has 0 amide bonds. The Bertz CT molecular complexity index is 358. The third-order valence-electron chi connectivity index (χ3n) is 2.48. The first kappa shape index (κ1) is 9.87. The first-order chi connectivity index (χ1) is 7.42. The molecule has 2 aromatic rings. The van der Waals surface area contributed by atoms with Gasteiger partial charge in [0.25, 0.3) is 0 Å². The number of nitrogens with zero attached hydrogens (tertiary/aromatic N) is 1. The maximum absolute atomic E-state index is 5.80. The summed E-state index contributed by atoms with van der Waals surface area (Å²) in [5.41, 5.74) is 8.05. The van der Waals surface area contributed by atoms with Crippen LogP contribution in [0.2, 0.25) is 0 Å². The van der Waals surface area contributed by atoms with Crippen molar-refractivity contribution >= 4 is 0 Å². The minimum atomic E-state index is 0.201. The van der Waals surface area contributed by atoms with Crippen LogP contribution in [0.5, 0.6) is 0 Å². The fourth-order valence-corrected chi connectivity index (χ4v) is 1.70. The third kappa shape index (κ3) is 2.22. The fraction of sp³-hybridized carbons (Fsp3) is 0.154. The molecule has 76 valence electrons. The Kier molecular flexibility index (Phi) is 3.10. The van der Waals surface area contributed by atoms with E-state index in [1.54, 1.807) is 6.20 Å². The molecule has 0 unspecified atom stereocenters. The number of pyridine rings is 1. The van der Waals surface area contributed by atoms with Crippen LogP contribution < -0.4 is 5.73 Å². The van der Waals surface area contributed by atoms with Crippen LogP contribution in [0.25, 0.3) is 0 Å². The summed E-state index contributed by atoms with van der Waals surface area (Å²) < 4.78 is 0. The van der Waals surface area contributed by atoms with Crippen molar-refractivity contribution in [2.75, 3.05) is 6.54 Å². The van der Waals surface area contributed by atoms with Crippen LogP contribution in [0, 0.1) is 0 Å². The van der Waals surface area contributed by atoms with Crippen LogP contribution in [0.3, 0.4) is 0 Å². The number of hydrogen-bond donors (Lipinski definition) is 1. The Morgan fingerprint density at radius 1 is 1.00 bits per heavy atom. The smallest absolute Gasteiger partial charge is 0.0491 e. The molecule has 1 aromatic heterocycles. The predicted octanol–water partition coefficient (Wildman–Crippen LogP) is 2.17. The lowest BCUT2D eigenvalue weighted by molar-refractivity contribution is 0.787. The van der Waals surface area contributed by atoms with Gasteiger partial charge >= 0.3 is 0 Å². The summed E-state index contributed by atoms with van der Waals surface area (Å²) in [7, 11) is 0. The Balaban J connectivity index is 2.34. The van der Waals surface area contributed by atoms with Gasteiger partial charge in [0, 0.05) is 24.4 Å². The third-order valence-corrected chi connectivity index (χ3v) is 2.48. The highest BCUT2D eigenvalue weighted by Crippen LogP contribution is 2.20. The molecule has 0 fully saturated rings. The first-order valence-corrected chi connectivity index (χ1v) is 5.08. The minimum Gasteiger partial charge on any atom is -0.329 e. The van der Waals surface area contributed by atoms with E-state index in [1.165, 1.54) is 5.56 Å². The maximum Gasteiger partial charge on any atom is 0.0491 e. The summed E-state index contributed by atoms with van der Waals surface area (Å²) >= 11 is 0. The van der Waals surface area contributed by atoms with Crippen LogP contribution in [0.1, 0.15) is 17.2 Å². The van der Waals surface area contributed by atoms with E-state index in [2.05, 4.69) is 17.1 Å². The van der Waals surface area contributed by atoms with E-state index < -0.39 is 0 Å². The second-order valence-electron chi connectivity index (χ2n) is 3.45. The SMILES string of the molecule is NC[C@@H](c1ccccc1)c1ccccn1. The van der Waals surface area contributed by atoms with Crippen molar-refractivity contribution in [1.82, 2.24) is 4.98 Å². The average Bonchev–Trinajstić information content (AvgIpc) is 2.33. The van der Waals surface area contributed by atoms with E-state index in [9.17, 15) is 0 Å². The summed E-state index contributed by atoms with van der Waals surface area (Å²) in [6.07, 6.45) is 1.81. The van der Waals surface area contributed by atoms with Crippen molar-refractivity contribution in [3.05, 3.63) is 66.0 Å². The number of hydrogen-bond acceptors (Lipinski definition) is 2. The van der Waals surface area contributed by atoms with E-state index >= 15 is 0 Å². The van der Waals surface area contributed by atoms with Gasteiger partial charge in [0.05, 0.1) is 0 Å². The van der Waals surface area contributed by atoms with Crippen molar-refractivity contribution in [1.29, 1.82) is 0 Å². The summed E-state index contributed by atoms with van der Waals surface area (Å²) in [5.74, 6) is 0.201. The molecular formula is C13H14N2. The fourth-order valence-electron chi connectivity index (χ4n) is 1.70. The zero-order valence-electron chi connectivity index (χ0n) is 8.51. The van der Waals surface area contributed by atoms with Crippen molar-refractivity contribution in [3.8, 4) is 0 Å². The molecule has 0 radical (unpaired) electrons. The topological polar surface area (TPSA) is 38.9 Å². The van der Waals surface area contributed by atoms with Crippen molar-refractivity contribution < 1.29 is 0 Å². The van der Waals surface area contributed by atoms with Crippen molar-refractivity contribution in [3.63, 3.8) is 0 Å². The van der Waals surface area contributed by atoms with Gasteiger partial charge in [-0.3, -0.25) is 4.98 Å². The highest BCUT2D eigenvalue weighted by Gasteiger charge is 2.12. The largest absolute Gasteiger partial charge is 0.329 e. The van der Waals surface area contributed by atoms with Crippen LogP contribution >= 0.6 is 0 Å². The Hall–Kier alpha value is -1.67. The number of aromatic nitrogens is 1. The van der Waals surface area contributed by atoms with Gasteiger partial charge in [-0.2, -0.15) is 0 Å². The normalized spacial score (nSPS) is 12.3. The molecule has 2 nitrogen and oxygen atoms in total. The molecule has 2 heteroatoms. The standard InChI is InChI=1S/C13H14N2/c14-10-12(11-6-2-1-3-7-11)13-8-4-5-9-15-13/h1-9,12H,10,14H2/t12-/m0/s1. The number of rotatable bonds is 3. The van der Waals surface area contributed by atoms with Gasteiger partial charge in [0.1, 0.15) is 0 Å². The molecule has 0 aliphatic heterocycles. The molecule has 2 rings (SSSR count). The Labute approximate surface area is 89.8 Å². The molecule has 0 aliphatic rings. The Morgan fingerprint density at radius 2 is 1.73 bits per heavy atom. The molecule has 1 atom stereocenters. The second-order valence-corrected chi connectivity index (χ2v) is 3.45. The van der Waals surface area contributed by atoms with Gasteiger partial charge in [-0.25, -0.2) is 0 Å². The van der Waals surface area contributed by atoms with E-state index in [0.717, 1.165) is 5.69 Å². The van der Waals surface area contributed by atoms with Crippen LogP contribution in [0.4, 0.5) is 0 Å². The van der Waals surface area contributed by atoms with E-state index in [-0.39, 0.29) is 5.92 Å². The van der Waals surface area contributed by atoms with Gasteiger partial charge in [0.15, 0.2) is 0 Å². The van der Waals surface area contributed by atoms with Crippen LogP contribution in [0.15, 0.2) is 54.7 Å². The zero-order valence-corrected chi connectivity index (χ0v) is 8.51. The lowest BCUT2D eigenvalue weighted by Gasteiger charge is -2.14. The lowest BCUT2D eigenvalue weighted by Crippen LogP contribution is -2.14. The molecule has 15 heavy (non-hydrogen) atoms. The second kappa shape index (κ2) is 4.71. The summed E-state index contributed by atoms with van der Waals surface area (Å²) in [6.45, 7) is 0.584. The summed E-state index contributed by atoms with van der Waals surface area (Å²) in [4.78, 5) is 4.35. The van der Waals surface area contributed by atoms with Crippen LogP contribution in [-0.2, 0) is 0 Å². The van der Waals surface area contributed by atoms with Gasteiger partial charge < -0.3 is 5.73 Å². The average molecular weight is 198 g/mol. The summed E-state index contributed by atoms with van der Waals surface area (Å²) in [6, 6.07) is 16.2. The molecule has 0 spiro atoms. The van der Waals surface area contributed by atoms with E-state index in [0.29, 0.717) is 6.54 Å².